The summed E-state index contributed by atoms with van der Waals surface area (Å²) in [7, 11) is 3.94. The number of unbranched alkanes of at least 4 members (excludes halogenated alkanes) is 1. The van der Waals surface area contributed by atoms with Crippen LogP contribution in [0.25, 0.3) is 0 Å². The van der Waals surface area contributed by atoms with Crippen molar-refractivity contribution in [2.45, 2.75) is 78.0 Å². The third-order valence-corrected chi connectivity index (χ3v) is 6.86. The van der Waals surface area contributed by atoms with Crippen LogP contribution < -0.4 is 31.3 Å². The lowest BCUT2D eigenvalue weighted by Crippen LogP contribution is -2.58. The highest BCUT2D eigenvalue weighted by Crippen LogP contribution is 2.19. The molecule has 1 aromatic carbocycles. The lowest BCUT2D eigenvalue weighted by Gasteiger charge is -2.28. The Kier molecular flexibility index (Phi) is 13.7. The summed E-state index contributed by atoms with van der Waals surface area (Å²) in [4.78, 5) is 68.2. The van der Waals surface area contributed by atoms with Crippen LogP contribution in [0.4, 0.5) is 0 Å². The molecule has 0 aliphatic carbocycles. The van der Waals surface area contributed by atoms with E-state index in [0.717, 1.165) is 19.4 Å². The van der Waals surface area contributed by atoms with Crippen molar-refractivity contribution in [2.24, 2.45) is 11.8 Å². The van der Waals surface area contributed by atoms with E-state index in [-0.39, 0.29) is 42.1 Å². The summed E-state index contributed by atoms with van der Waals surface area (Å²) in [5.74, 6) is -2.88. The molecule has 234 valence electrons. The van der Waals surface area contributed by atoms with Crippen molar-refractivity contribution in [3.05, 3.63) is 29.8 Å². The molecular weight excluding hydrogens is 540 g/mol. The molecule has 1 heterocycles. The molecule has 5 amide bonds. The molecule has 0 aromatic heterocycles. The van der Waals surface area contributed by atoms with Gasteiger partial charge in [0.15, 0.2) is 0 Å². The van der Waals surface area contributed by atoms with Crippen LogP contribution in [0.2, 0.25) is 0 Å². The van der Waals surface area contributed by atoms with Gasteiger partial charge < -0.3 is 36.2 Å². The highest BCUT2D eigenvalue weighted by Gasteiger charge is 2.33. The zero-order valence-corrected chi connectivity index (χ0v) is 25.9. The molecule has 5 N–H and O–H groups in total. The SMILES string of the molecule is CC(C)[C@@H]1NC(=O)C[C@@H](C(=O)NCCCCN(C)C)NC(=O)c2ccccc2OC[C@H](C)NC(=O)[C@@H](C(C)C)NC1=O. The average molecular weight is 589 g/mol. The van der Waals surface area contributed by atoms with E-state index in [9.17, 15) is 24.0 Å². The molecule has 0 radical (unpaired) electrons. The first kappa shape index (κ1) is 34.5. The second kappa shape index (κ2) is 16.7. The summed E-state index contributed by atoms with van der Waals surface area (Å²) >= 11 is 0. The summed E-state index contributed by atoms with van der Waals surface area (Å²) in [5.41, 5.74) is 0.182. The van der Waals surface area contributed by atoms with Gasteiger partial charge in [-0.3, -0.25) is 24.0 Å². The van der Waals surface area contributed by atoms with Crippen LogP contribution in [0.5, 0.6) is 5.75 Å². The van der Waals surface area contributed by atoms with Crippen molar-refractivity contribution in [1.82, 2.24) is 31.5 Å². The van der Waals surface area contributed by atoms with Gasteiger partial charge in [-0.1, -0.05) is 39.8 Å². The maximum atomic E-state index is 13.4. The number of hydrogen-bond donors (Lipinski definition) is 5. The quantitative estimate of drug-likeness (QED) is 0.281. The molecule has 0 saturated heterocycles. The van der Waals surface area contributed by atoms with Gasteiger partial charge in [0.05, 0.1) is 18.0 Å². The Morgan fingerprint density at radius 1 is 0.929 bits per heavy atom. The molecule has 12 nitrogen and oxygen atoms in total. The van der Waals surface area contributed by atoms with E-state index >= 15 is 0 Å². The van der Waals surface area contributed by atoms with Gasteiger partial charge in [0.2, 0.25) is 23.6 Å². The average Bonchev–Trinajstić information content (AvgIpc) is 2.91. The molecule has 0 saturated carbocycles. The zero-order valence-electron chi connectivity index (χ0n) is 25.9. The highest BCUT2D eigenvalue weighted by molar-refractivity contribution is 6.01. The molecule has 0 fully saturated rings. The maximum Gasteiger partial charge on any atom is 0.255 e. The number of carbonyl (C=O) groups excluding carboxylic acids is 5. The summed E-state index contributed by atoms with van der Waals surface area (Å²) in [6.07, 6.45) is 1.21. The number of nitrogens with zero attached hydrogens (tertiary/aromatic N) is 1. The standard InChI is InChI=1S/C30H48N6O6/c1-18(2)25-30(41)35-26(19(3)4)29(40)32-20(5)17-42-23-13-9-8-12-21(23)27(38)33-22(16-24(37)34-25)28(39)31-14-10-11-15-36(6)7/h8-9,12-13,18-20,22,25-26H,10-11,14-17H2,1-7H3,(H,31,39)(H,32,40)(H,33,38)(H,34,37)(H,35,41)/t20-,22-,25-,26+/m0/s1. The summed E-state index contributed by atoms with van der Waals surface area (Å²) in [6.45, 7) is 10.2. The van der Waals surface area contributed by atoms with Gasteiger partial charge >= 0.3 is 0 Å². The summed E-state index contributed by atoms with van der Waals surface area (Å²) in [6, 6.07) is 3.09. The Morgan fingerprint density at radius 2 is 1.55 bits per heavy atom. The van der Waals surface area contributed by atoms with Gasteiger partial charge in [-0.15, -0.1) is 0 Å². The third-order valence-electron chi connectivity index (χ3n) is 6.86. The van der Waals surface area contributed by atoms with Crippen molar-refractivity contribution in [3.8, 4) is 5.75 Å². The number of ether oxygens (including phenoxy) is 1. The minimum absolute atomic E-state index is 0.0559. The highest BCUT2D eigenvalue weighted by atomic mass is 16.5. The number of para-hydroxylation sites is 1. The van der Waals surface area contributed by atoms with E-state index in [2.05, 4.69) is 26.6 Å². The van der Waals surface area contributed by atoms with Crippen molar-refractivity contribution in [3.63, 3.8) is 0 Å². The van der Waals surface area contributed by atoms with E-state index in [4.69, 9.17) is 4.74 Å². The molecule has 0 unspecified atom stereocenters. The molecule has 12 heteroatoms. The number of hydrogen-bond acceptors (Lipinski definition) is 7. The van der Waals surface area contributed by atoms with Crippen LogP contribution in [0.15, 0.2) is 24.3 Å². The van der Waals surface area contributed by atoms with Crippen LogP contribution in [-0.4, -0.2) is 92.4 Å². The monoisotopic (exact) mass is 588 g/mol. The number of nitrogens with one attached hydrogen (secondary N) is 5. The zero-order chi connectivity index (χ0) is 31.4. The number of amides is 5. The smallest absolute Gasteiger partial charge is 0.255 e. The van der Waals surface area contributed by atoms with Crippen molar-refractivity contribution in [2.75, 3.05) is 33.8 Å². The molecule has 0 spiro atoms. The van der Waals surface area contributed by atoms with Crippen LogP contribution >= 0.6 is 0 Å². The number of benzene rings is 1. The van der Waals surface area contributed by atoms with Crippen LogP contribution in [0.3, 0.4) is 0 Å². The van der Waals surface area contributed by atoms with Gasteiger partial charge in [0.25, 0.3) is 5.91 Å². The van der Waals surface area contributed by atoms with E-state index < -0.39 is 47.8 Å². The van der Waals surface area contributed by atoms with Gasteiger partial charge in [0.1, 0.15) is 30.5 Å². The second-order valence-electron chi connectivity index (χ2n) is 11.8. The number of carbonyl (C=O) groups is 5. The van der Waals surface area contributed by atoms with Crippen LogP contribution in [-0.2, 0) is 19.2 Å². The molecule has 1 aliphatic heterocycles. The van der Waals surface area contributed by atoms with Gasteiger partial charge in [-0.2, -0.15) is 0 Å². The fourth-order valence-corrected chi connectivity index (χ4v) is 4.43. The Hall–Kier alpha value is -3.67. The van der Waals surface area contributed by atoms with Crippen molar-refractivity contribution >= 4 is 29.5 Å². The number of fused-ring (bicyclic) bond motifs is 1. The Labute approximate surface area is 249 Å². The third kappa shape index (κ3) is 11.0. The lowest BCUT2D eigenvalue weighted by atomic mass is 9.99. The molecule has 42 heavy (non-hydrogen) atoms. The minimum Gasteiger partial charge on any atom is -0.491 e. The van der Waals surface area contributed by atoms with Crippen molar-refractivity contribution < 1.29 is 28.7 Å². The Bertz CT molecular complexity index is 1090. The molecular formula is C30H48N6O6. The van der Waals surface area contributed by atoms with Gasteiger partial charge in [0, 0.05) is 6.54 Å². The first-order valence-electron chi connectivity index (χ1n) is 14.6. The molecule has 1 aromatic rings. The van der Waals surface area contributed by atoms with E-state index in [0.29, 0.717) is 6.54 Å². The van der Waals surface area contributed by atoms with Crippen LogP contribution in [0.1, 0.15) is 64.2 Å². The predicted molar refractivity (Wildman–Crippen MR) is 160 cm³/mol. The van der Waals surface area contributed by atoms with E-state index in [1.54, 1.807) is 45.0 Å². The van der Waals surface area contributed by atoms with Crippen LogP contribution in [0, 0.1) is 11.8 Å². The Balaban J connectivity index is 2.38. The Morgan fingerprint density at radius 3 is 2.19 bits per heavy atom. The van der Waals surface area contributed by atoms with E-state index in [1.807, 2.05) is 32.8 Å². The van der Waals surface area contributed by atoms with E-state index in [1.165, 1.54) is 0 Å². The summed E-state index contributed by atoms with van der Waals surface area (Å²) < 4.78 is 5.89. The normalized spacial score (nSPS) is 22.8. The van der Waals surface area contributed by atoms with Gasteiger partial charge in [-0.25, -0.2) is 0 Å². The fraction of sp³-hybridized carbons (Fsp3) is 0.633. The molecule has 0 bridgehead atoms. The molecule has 1 aliphatic rings. The largest absolute Gasteiger partial charge is 0.491 e. The number of rotatable bonds is 8. The first-order valence-corrected chi connectivity index (χ1v) is 14.6. The topological polar surface area (TPSA) is 158 Å². The second-order valence-corrected chi connectivity index (χ2v) is 11.8. The minimum atomic E-state index is -1.20. The van der Waals surface area contributed by atoms with Gasteiger partial charge in [-0.05, 0) is 64.4 Å². The maximum absolute atomic E-state index is 13.4. The van der Waals surface area contributed by atoms with Crippen molar-refractivity contribution in [1.29, 1.82) is 0 Å². The summed E-state index contributed by atoms with van der Waals surface area (Å²) in [5, 5.41) is 13.8. The molecule has 2 rings (SSSR count). The first-order chi connectivity index (χ1) is 19.8. The molecule has 4 atom stereocenters. The predicted octanol–water partition coefficient (Wildman–Crippen LogP) is 0.812. The fourth-order valence-electron chi connectivity index (χ4n) is 4.43. The lowest BCUT2D eigenvalue weighted by molar-refractivity contribution is -0.134.